The van der Waals surface area contributed by atoms with Crippen molar-refractivity contribution < 1.29 is 4.74 Å². The smallest absolute Gasteiger partial charge is 0.0826 e. The lowest BCUT2D eigenvalue weighted by atomic mass is 10.2. The number of ether oxygens (including phenoxy) is 1. The highest BCUT2D eigenvalue weighted by Gasteiger charge is 2.16. The molecule has 0 bridgehead atoms. The Hall–Kier alpha value is -0.910. The van der Waals surface area contributed by atoms with Gasteiger partial charge in [0.1, 0.15) is 0 Å². The van der Waals surface area contributed by atoms with E-state index in [-0.39, 0.29) is 0 Å². The van der Waals surface area contributed by atoms with Gasteiger partial charge < -0.3 is 10.1 Å². The van der Waals surface area contributed by atoms with Crippen LogP contribution in [-0.4, -0.2) is 54.1 Å². The summed E-state index contributed by atoms with van der Waals surface area (Å²) in [6.07, 6.45) is 3.32. The molecule has 2 rings (SSSR count). The monoisotopic (exact) mass is 252 g/mol. The van der Waals surface area contributed by atoms with Crippen molar-refractivity contribution in [3.63, 3.8) is 0 Å². The Morgan fingerprint density at radius 2 is 2.50 bits per heavy atom. The van der Waals surface area contributed by atoms with E-state index in [1.165, 1.54) is 5.69 Å². The Bertz CT molecular complexity index is 347. The summed E-state index contributed by atoms with van der Waals surface area (Å²) >= 11 is 0. The number of hydrogen-bond acceptors (Lipinski definition) is 4. The first kappa shape index (κ1) is 13.5. The SMILES string of the molecule is CCCn1nccc1CN(C)CC1CNCCO1. The molecule has 2 heterocycles. The molecule has 0 aliphatic carbocycles. The summed E-state index contributed by atoms with van der Waals surface area (Å²) in [6, 6.07) is 2.10. The van der Waals surface area contributed by atoms with E-state index in [9.17, 15) is 0 Å². The van der Waals surface area contributed by atoms with Crippen LogP contribution in [0.2, 0.25) is 0 Å². The summed E-state index contributed by atoms with van der Waals surface area (Å²) in [6.45, 7) is 7.83. The average Bonchev–Trinajstić information content (AvgIpc) is 2.78. The van der Waals surface area contributed by atoms with E-state index in [2.05, 4.69) is 40.0 Å². The maximum Gasteiger partial charge on any atom is 0.0826 e. The molecule has 1 atom stereocenters. The van der Waals surface area contributed by atoms with Gasteiger partial charge in [-0.1, -0.05) is 6.92 Å². The molecular formula is C13H24N4O. The van der Waals surface area contributed by atoms with Crippen LogP contribution in [0.4, 0.5) is 0 Å². The highest BCUT2D eigenvalue weighted by atomic mass is 16.5. The number of nitrogens with one attached hydrogen (secondary N) is 1. The first-order valence-corrected chi connectivity index (χ1v) is 6.81. The maximum atomic E-state index is 5.72. The van der Waals surface area contributed by atoms with E-state index in [1.54, 1.807) is 0 Å². The predicted molar refractivity (Wildman–Crippen MR) is 71.5 cm³/mol. The van der Waals surface area contributed by atoms with Crippen LogP contribution in [0.3, 0.4) is 0 Å². The highest BCUT2D eigenvalue weighted by Crippen LogP contribution is 2.06. The minimum atomic E-state index is 0.311. The molecule has 1 aliphatic rings. The number of rotatable bonds is 6. The minimum Gasteiger partial charge on any atom is -0.374 e. The van der Waals surface area contributed by atoms with Crippen LogP contribution in [0.25, 0.3) is 0 Å². The molecule has 5 heteroatoms. The van der Waals surface area contributed by atoms with Crippen LogP contribution >= 0.6 is 0 Å². The quantitative estimate of drug-likeness (QED) is 0.810. The highest BCUT2D eigenvalue weighted by molar-refractivity contribution is 5.00. The molecular weight excluding hydrogens is 228 g/mol. The van der Waals surface area contributed by atoms with Gasteiger partial charge in [-0.15, -0.1) is 0 Å². The summed E-state index contributed by atoms with van der Waals surface area (Å²) in [7, 11) is 2.14. The van der Waals surface area contributed by atoms with Crippen molar-refractivity contribution in [2.45, 2.75) is 32.5 Å². The number of aromatic nitrogens is 2. The van der Waals surface area contributed by atoms with Crippen molar-refractivity contribution >= 4 is 0 Å². The molecule has 1 aliphatic heterocycles. The Balaban J connectivity index is 1.82. The summed E-state index contributed by atoms with van der Waals surface area (Å²) in [5.74, 6) is 0. The van der Waals surface area contributed by atoms with Gasteiger partial charge in [-0.05, 0) is 19.5 Å². The fourth-order valence-corrected chi connectivity index (χ4v) is 2.33. The van der Waals surface area contributed by atoms with E-state index < -0.39 is 0 Å². The van der Waals surface area contributed by atoms with Crippen molar-refractivity contribution in [2.24, 2.45) is 0 Å². The molecule has 102 valence electrons. The van der Waals surface area contributed by atoms with Crippen LogP contribution in [0.5, 0.6) is 0 Å². The molecule has 5 nitrogen and oxygen atoms in total. The molecule has 18 heavy (non-hydrogen) atoms. The molecule has 0 amide bonds. The zero-order valence-electron chi connectivity index (χ0n) is 11.4. The third-order valence-electron chi connectivity index (χ3n) is 3.19. The fraction of sp³-hybridized carbons (Fsp3) is 0.769. The number of likely N-dealkylation sites (N-methyl/N-ethyl adjacent to an activating group) is 1. The van der Waals surface area contributed by atoms with E-state index in [0.717, 1.165) is 45.8 Å². The van der Waals surface area contributed by atoms with E-state index in [1.807, 2.05) is 6.20 Å². The lowest BCUT2D eigenvalue weighted by Crippen LogP contribution is -2.44. The van der Waals surface area contributed by atoms with Gasteiger partial charge in [-0.25, -0.2) is 0 Å². The van der Waals surface area contributed by atoms with Gasteiger partial charge in [0.15, 0.2) is 0 Å². The number of nitrogens with zero attached hydrogens (tertiary/aromatic N) is 3. The van der Waals surface area contributed by atoms with Crippen LogP contribution in [-0.2, 0) is 17.8 Å². The maximum absolute atomic E-state index is 5.72. The normalized spacial score (nSPS) is 20.5. The fourth-order valence-electron chi connectivity index (χ4n) is 2.33. The van der Waals surface area contributed by atoms with Crippen LogP contribution < -0.4 is 5.32 Å². The Morgan fingerprint density at radius 3 is 3.22 bits per heavy atom. The first-order valence-electron chi connectivity index (χ1n) is 6.81. The summed E-state index contributed by atoms with van der Waals surface area (Å²) < 4.78 is 7.81. The molecule has 0 saturated carbocycles. The molecule has 1 saturated heterocycles. The second kappa shape index (κ2) is 6.87. The van der Waals surface area contributed by atoms with Crippen molar-refractivity contribution in [3.8, 4) is 0 Å². The minimum absolute atomic E-state index is 0.311. The van der Waals surface area contributed by atoms with Crippen molar-refractivity contribution in [1.29, 1.82) is 0 Å². The Morgan fingerprint density at radius 1 is 1.61 bits per heavy atom. The zero-order chi connectivity index (χ0) is 12.8. The second-order valence-corrected chi connectivity index (χ2v) is 4.94. The topological polar surface area (TPSA) is 42.3 Å². The summed E-state index contributed by atoms with van der Waals surface area (Å²) in [5.41, 5.74) is 1.28. The van der Waals surface area contributed by atoms with Gasteiger partial charge in [0, 0.05) is 38.9 Å². The van der Waals surface area contributed by atoms with Crippen molar-refractivity contribution in [3.05, 3.63) is 18.0 Å². The van der Waals surface area contributed by atoms with Crippen molar-refractivity contribution in [2.75, 3.05) is 33.3 Å². The number of aryl methyl sites for hydroxylation is 1. The van der Waals surface area contributed by atoms with Crippen molar-refractivity contribution in [1.82, 2.24) is 20.0 Å². The average molecular weight is 252 g/mol. The van der Waals surface area contributed by atoms with E-state index in [4.69, 9.17) is 4.74 Å². The van der Waals surface area contributed by atoms with Gasteiger partial charge in [-0.3, -0.25) is 9.58 Å². The van der Waals surface area contributed by atoms with Gasteiger partial charge in [0.05, 0.1) is 18.4 Å². The molecule has 1 aromatic heterocycles. The molecule has 1 fully saturated rings. The second-order valence-electron chi connectivity index (χ2n) is 4.94. The van der Waals surface area contributed by atoms with Gasteiger partial charge >= 0.3 is 0 Å². The van der Waals surface area contributed by atoms with Gasteiger partial charge in [0.25, 0.3) is 0 Å². The Labute approximate surface area is 109 Å². The molecule has 0 radical (unpaired) electrons. The molecule has 0 spiro atoms. The molecule has 1 aromatic rings. The molecule has 1 unspecified atom stereocenters. The zero-order valence-corrected chi connectivity index (χ0v) is 11.4. The lowest BCUT2D eigenvalue weighted by Gasteiger charge is -2.28. The molecule has 1 N–H and O–H groups in total. The third-order valence-corrected chi connectivity index (χ3v) is 3.19. The van der Waals surface area contributed by atoms with Crippen LogP contribution in [0, 0.1) is 0 Å². The summed E-state index contributed by atoms with van der Waals surface area (Å²) in [5, 5.41) is 7.71. The number of morpholine rings is 1. The number of hydrogen-bond donors (Lipinski definition) is 1. The summed E-state index contributed by atoms with van der Waals surface area (Å²) in [4.78, 5) is 2.31. The lowest BCUT2D eigenvalue weighted by molar-refractivity contribution is 0.00848. The predicted octanol–water partition coefficient (Wildman–Crippen LogP) is 0.713. The van der Waals surface area contributed by atoms with Crippen LogP contribution in [0.1, 0.15) is 19.0 Å². The standard InChI is InChI=1S/C13H24N4O/c1-3-7-17-12(4-5-15-17)10-16(2)11-13-9-14-6-8-18-13/h4-5,13-14H,3,6-11H2,1-2H3. The molecule has 0 aromatic carbocycles. The van der Waals surface area contributed by atoms with E-state index >= 15 is 0 Å². The largest absolute Gasteiger partial charge is 0.374 e. The van der Waals surface area contributed by atoms with Gasteiger partial charge in [0.2, 0.25) is 0 Å². The Kier molecular flexibility index (Phi) is 5.16. The van der Waals surface area contributed by atoms with E-state index in [0.29, 0.717) is 6.10 Å². The first-order chi connectivity index (χ1) is 8.79. The van der Waals surface area contributed by atoms with Gasteiger partial charge in [-0.2, -0.15) is 5.10 Å². The third kappa shape index (κ3) is 3.80. The van der Waals surface area contributed by atoms with Crippen LogP contribution in [0.15, 0.2) is 12.3 Å².